The number of thiol groups is 1. The maximum absolute atomic E-state index is 12.2. The predicted molar refractivity (Wildman–Crippen MR) is 95.7 cm³/mol. The van der Waals surface area contributed by atoms with Crippen LogP contribution in [0.2, 0.25) is 0 Å². The van der Waals surface area contributed by atoms with Gasteiger partial charge in [-0.25, -0.2) is 9.59 Å². The molecule has 25 heavy (non-hydrogen) atoms. The third kappa shape index (κ3) is 11.1. The van der Waals surface area contributed by atoms with E-state index in [1.54, 1.807) is 20.8 Å². The molecule has 0 aromatic carbocycles. The quantitative estimate of drug-likeness (QED) is 0.125. The molecule has 0 bridgehead atoms. The highest BCUT2D eigenvalue weighted by Gasteiger charge is 2.27. The second kappa shape index (κ2) is 10.6. The van der Waals surface area contributed by atoms with Gasteiger partial charge in [-0.2, -0.15) is 12.6 Å². The van der Waals surface area contributed by atoms with Crippen LogP contribution < -0.4 is 21.7 Å². The van der Waals surface area contributed by atoms with E-state index < -0.39 is 35.7 Å². The summed E-state index contributed by atoms with van der Waals surface area (Å²) >= 11 is 4.00. The molecular weight excluding hydrogens is 350 g/mol. The average Bonchev–Trinajstić information content (AvgIpc) is 2.45. The third-order valence-electron chi connectivity index (χ3n) is 2.79. The monoisotopic (exact) mass is 377 g/mol. The summed E-state index contributed by atoms with van der Waals surface area (Å²) in [6.45, 7) is 5.34. The Bertz CT molecular complexity index is 494. The lowest BCUT2D eigenvalue weighted by atomic mass is 10.1. The largest absolute Gasteiger partial charge is 0.480 e. The van der Waals surface area contributed by atoms with Gasteiger partial charge >= 0.3 is 12.1 Å². The number of carboxylic acid groups (broad SMARTS) is 1. The highest BCUT2D eigenvalue weighted by Crippen LogP contribution is 2.07. The number of amides is 2. The van der Waals surface area contributed by atoms with E-state index in [4.69, 9.17) is 15.9 Å². The molecule has 7 N–H and O–H groups in total. The van der Waals surface area contributed by atoms with Crippen LogP contribution in [0.5, 0.6) is 0 Å². The summed E-state index contributed by atoms with van der Waals surface area (Å²) in [5.41, 5.74) is 4.40. The van der Waals surface area contributed by atoms with E-state index in [0.717, 1.165) is 0 Å². The number of aliphatic carboxylic acids is 1. The fourth-order valence-corrected chi connectivity index (χ4v) is 1.96. The van der Waals surface area contributed by atoms with Crippen molar-refractivity contribution in [3.63, 3.8) is 0 Å². The molecule has 0 heterocycles. The Balaban J connectivity index is 4.60. The van der Waals surface area contributed by atoms with Gasteiger partial charge < -0.3 is 31.5 Å². The lowest BCUT2D eigenvalue weighted by Gasteiger charge is -2.23. The summed E-state index contributed by atoms with van der Waals surface area (Å²) < 4.78 is 5.05. The number of guanidine groups is 1. The molecule has 2 atom stereocenters. The molecule has 0 unspecified atom stereocenters. The Kier molecular flexibility index (Phi) is 9.72. The lowest BCUT2D eigenvalue weighted by molar-refractivity contribution is -0.142. The maximum Gasteiger partial charge on any atom is 0.408 e. The van der Waals surface area contributed by atoms with Crippen molar-refractivity contribution >= 4 is 36.6 Å². The van der Waals surface area contributed by atoms with Crippen molar-refractivity contribution in [2.24, 2.45) is 5.73 Å². The number of rotatable bonds is 9. The first-order chi connectivity index (χ1) is 11.5. The molecule has 144 valence electrons. The van der Waals surface area contributed by atoms with E-state index in [1.165, 1.54) is 0 Å². The number of carbonyl (C=O) groups is 3. The van der Waals surface area contributed by atoms with Gasteiger partial charge in [0.15, 0.2) is 5.96 Å². The molecule has 0 rings (SSSR count). The van der Waals surface area contributed by atoms with Gasteiger partial charge in [-0.05, 0) is 33.6 Å². The molecule has 0 saturated carbocycles. The Labute approximate surface area is 152 Å². The van der Waals surface area contributed by atoms with Gasteiger partial charge in [0, 0.05) is 12.3 Å². The lowest BCUT2D eigenvalue weighted by Crippen LogP contribution is -2.53. The summed E-state index contributed by atoms with van der Waals surface area (Å²) in [4.78, 5) is 35.1. The van der Waals surface area contributed by atoms with E-state index in [0.29, 0.717) is 13.0 Å². The predicted octanol–water partition coefficient (Wildman–Crippen LogP) is -0.358. The van der Waals surface area contributed by atoms with Gasteiger partial charge in [-0.15, -0.1) is 0 Å². The molecule has 2 amide bonds. The number of ether oxygens (including phenoxy) is 1. The minimum absolute atomic E-state index is 0.0245. The van der Waals surface area contributed by atoms with Crippen LogP contribution in [0.1, 0.15) is 33.6 Å². The summed E-state index contributed by atoms with van der Waals surface area (Å²) in [6, 6.07) is -2.17. The molecule has 10 nitrogen and oxygen atoms in total. The van der Waals surface area contributed by atoms with E-state index in [9.17, 15) is 19.5 Å². The second-order valence-electron chi connectivity index (χ2n) is 6.26. The molecular formula is C14H27N5O5S. The number of nitrogens with two attached hydrogens (primary N) is 1. The van der Waals surface area contributed by atoms with Crippen LogP contribution in [0.4, 0.5) is 4.79 Å². The van der Waals surface area contributed by atoms with Crippen LogP contribution in [0, 0.1) is 5.41 Å². The van der Waals surface area contributed by atoms with Gasteiger partial charge in [-0.1, -0.05) is 0 Å². The summed E-state index contributed by atoms with van der Waals surface area (Å²) in [7, 11) is 0. The second-order valence-corrected chi connectivity index (χ2v) is 6.63. The molecule has 0 saturated heterocycles. The number of hydrogen-bond donors (Lipinski definition) is 7. The first-order valence-corrected chi connectivity index (χ1v) is 8.31. The normalized spacial score (nSPS) is 13.3. The highest BCUT2D eigenvalue weighted by atomic mass is 32.1. The molecule has 0 aromatic rings. The van der Waals surface area contributed by atoms with Gasteiger partial charge in [0.25, 0.3) is 0 Å². The van der Waals surface area contributed by atoms with Gasteiger partial charge in [0.1, 0.15) is 17.7 Å². The fourth-order valence-electron chi connectivity index (χ4n) is 1.70. The zero-order valence-electron chi connectivity index (χ0n) is 14.6. The van der Waals surface area contributed by atoms with E-state index in [-0.39, 0.29) is 18.1 Å². The summed E-state index contributed by atoms with van der Waals surface area (Å²) in [5.74, 6) is -2.12. The number of carboxylic acids is 1. The van der Waals surface area contributed by atoms with E-state index in [1.807, 2.05) is 0 Å². The first-order valence-electron chi connectivity index (χ1n) is 7.67. The fraction of sp³-hybridized carbons (Fsp3) is 0.714. The van der Waals surface area contributed by atoms with Crippen molar-refractivity contribution < 1.29 is 24.2 Å². The molecule has 0 radical (unpaired) electrons. The Morgan fingerprint density at radius 2 is 1.84 bits per heavy atom. The Morgan fingerprint density at radius 3 is 2.28 bits per heavy atom. The van der Waals surface area contributed by atoms with Gasteiger partial charge in [-0.3, -0.25) is 10.2 Å². The van der Waals surface area contributed by atoms with Crippen molar-refractivity contribution in [2.75, 3.05) is 12.3 Å². The van der Waals surface area contributed by atoms with Crippen molar-refractivity contribution in [2.45, 2.75) is 51.3 Å². The van der Waals surface area contributed by atoms with Crippen molar-refractivity contribution in [1.29, 1.82) is 5.41 Å². The number of nitrogens with one attached hydrogen (secondary N) is 4. The molecule has 0 aromatic heterocycles. The minimum atomic E-state index is -1.20. The average molecular weight is 377 g/mol. The number of alkyl carbamates (subject to hydrolysis) is 1. The topological polar surface area (TPSA) is 167 Å². The number of carbonyl (C=O) groups excluding carboxylic acids is 2. The van der Waals surface area contributed by atoms with Crippen molar-refractivity contribution in [3.8, 4) is 0 Å². The number of hydrogen-bond acceptors (Lipinski definition) is 6. The third-order valence-corrected chi connectivity index (χ3v) is 3.15. The molecule has 0 aliphatic heterocycles. The molecule has 0 spiro atoms. The maximum atomic E-state index is 12.2. The Morgan fingerprint density at radius 1 is 1.24 bits per heavy atom. The van der Waals surface area contributed by atoms with Crippen LogP contribution in [-0.4, -0.2) is 59.0 Å². The molecule has 11 heteroatoms. The smallest absolute Gasteiger partial charge is 0.408 e. The molecule has 0 fully saturated rings. The van der Waals surface area contributed by atoms with Crippen molar-refractivity contribution in [1.82, 2.24) is 16.0 Å². The molecule has 0 aliphatic carbocycles. The zero-order valence-corrected chi connectivity index (χ0v) is 15.5. The van der Waals surface area contributed by atoms with E-state index in [2.05, 4.69) is 28.6 Å². The SMILES string of the molecule is CC(C)(C)OC(=O)N[C@@H](CS)C(=O)N[C@@H](CCCNC(=N)N)C(=O)O. The van der Waals surface area contributed by atoms with Crippen LogP contribution in [0.15, 0.2) is 0 Å². The summed E-state index contributed by atoms with van der Waals surface area (Å²) in [5, 5.41) is 23.4. The van der Waals surface area contributed by atoms with Crippen LogP contribution in [0.25, 0.3) is 0 Å². The van der Waals surface area contributed by atoms with Crippen molar-refractivity contribution in [3.05, 3.63) is 0 Å². The molecule has 0 aliphatic rings. The highest BCUT2D eigenvalue weighted by molar-refractivity contribution is 7.80. The van der Waals surface area contributed by atoms with Gasteiger partial charge in [0.2, 0.25) is 5.91 Å². The van der Waals surface area contributed by atoms with Crippen LogP contribution in [-0.2, 0) is 14.3 Å². The first kappa shape index (κ1) is 22.8. The Hall–Kier alpha value is -2.17. The zero-order chi connectivity index (χ0) is 19.6. The standard InChI is InChI=1S/C14H27N5O5S/c1-14(2,3)24-13(23)19-9(7-25)10(20)18-8(11(21)22)5-4-6-17-12(15)16/h8-9,25H,4-7H2,1-3H3,(H,18,20)(H,19,23)(H,21,22)(H4,15,16,17)/t8-,9-/m0/s1. The minimum Gasteiger partial charge on any atom is -0.480 e. The summed E-state index contributed by atoms with van der Waals surface area (Å²) in [6.07, 6.45) is -0.284. The van der Waals surface area contributed by atoms with Crippen LogP contribution >= 0.6 is 12.6 Å². The van der Waals surface area contributed by atoms with Gasteiger partial charge in [0.05, 0.1) is 0 Å². The van der Waals surface area contributed by atoms with E-state index >= 15 is 0 Å². The van der Waals surface area contributed by atoms with Crippen LogP contribution in [0.3, 0.4) is 0 Å².